The average Bonchev–Trinajstić information content (AvgIpc) is 3.05. The van der Waals surface area contributed by atoms with E-state index in [-0.39, 0.29) is 17.0 Å². The van der Waals surface area contributed by atoms with Crippen molar-refractivity contribution in [2.24, 2.45) is 0 Å². The van der Waals surface area contributed by atoms with Gasteiger partial charge in [-0.1, -0.05) is 20.8 Å². The maximum atomic E-state index is 13.9. The Bertz CT molecular complexity index is 705. The van der Waals surface area contributed by atoms with Crippen molar-refractivity contribution in [1.29, 1.82) is 0 Å². The van der Waals surface area contributed by atoms with Gasteiger partial charge in [0.15, 0.2) is 11.6 Å². The summed E-state index contributed by atoms with van der Waals surface area (Å²) in [7, 11) is 1.48. The second kappa shape index (κ2) is 6.55. The fraction of sp³-hybridized carbons (Fsp3) is 0.529. The van der Waals surface area contributed by atoms with Crippen molar-refractivity contribution in [3.05, 3.63) is 29.8 Å². The molecule has 1 aromatic heterocycles. The molecule has 3 rings (SSSR count). The van der Waals surface area contributed by atoms with Crippen LogP contribution in [0.3, 0.4) is 0 Å². The highest BCUT2D eigenvalue weighted by molar-refractivity contribution is 7.09. The molecule has 1 aliphatic heterocycles. The molecule has 0 atom stereocenters. The van der Waals surface area contributed by atoms with Gasteiger partial charge in [-0.05, 0) is 12.1 Å². The van der Waals surface area contributed by atoms with Crippen LogP contribution in [0.15, 0.2) is 18.2 Å². The molecule has 2 aromatic rings. The maximum absolute atomic E-state index is 13.9. The number of hydrogen-bond donors (Lipinski definition) is 0. The summed E-state index contributed by atoms with van der Waals surface area (Å²) < 4.78 is 23.3. The summed E-state index contributed by atoms with van der Waals surface area (Å²) in [5, 5.41) is 0.973. The summed E-state index contributed by atoms with van der Waals surface area (Å²) in [6.45, 7) is 9.73. The molecule has 0 amide bonds. The third kappa shape index (κ3) is 3.45. The summed E-state index contributed by atoms with van der Waals surface area (Å²) in [6.07, 6.45) is 0. The number of halogens is 1. The van der Waals surface area contributed by atoms with Gasteiger partial charge in [-0.15, -0.1) is 0 Å². The first-order chi connectivity index (χ1) is 11.4. The molecule has 1 aliphatic rings. The van der Waals surface area contributed by atoms with E-state index in [9.17, 15) is 4.39 Å². The number of ether oxygens (including phenoxy) is 1. The first kappa shape index (κ1) is 17.0. The van der Waals surface area contributed by atoms with Crippen molar-refractivity contribution in [2.45, 2.75) is 26.2 Å². The van der Waals surface area contributed by atoms with E-state index in [1.54, 1.807) is 6.07 Å². The van der Waals surface area contributed by atoms with Crippen LogP contribution in [0.1, 0.15) is 26.6 Å². The maximum Gasteiger partial charge on any atom is 0.205 e. The van der Waals surface area contributed by atoms with E-state index < -0.39 is 0 Å². The van der Waals surface area contributed by atoms with Crippen LogP contribution >= 0.6 is 11.5 Å². The second-order valence-electron chi connectivity index (χ2n) is 6.94. The Kier molecular flexibility index (Phi) is 4.62. The minimum atomic E-state index is -0.323. The SMILES string of the molecule is COc1ccc(N2CCN(c3nc(C(C)(C)C)ns3)CC2)cc1F. The van der Waals surface area contributed by atoms with Crippen molar-refractivity contribution in [1.82, 2.24) is 9.36 Å². The lowest BCUT2D eigenvalue weighted by molar-refractivity contribution is 0.386. The number of aromatic nitrogens is 2. The normalized spacial score (nSPS) is 15.7. The Hall–Kier alpha value is -1.89. The van der Waals surface area contributed by atoms with Gasteiger partial charge in [0.1, 0.15) is 5.82 Å². The van der Waals surface area contributed by atoms with Crippen LogP contribution in [0, 0.1) is 5.82 Å². The van der Waals surface area contributed by atoms with Gasteiger partial charge in [0, 0.05) is 54.9 Å². The van der Waals surface area contributed by atoms with E-state index in [1.807, 2.05) is 6.07 Å². The number of piperazine rings is 1. The minimum absolute atomic E-state index is 0.0306. The van der Waals surface area contributed by atoms with Crippen molar-refractivity contribution >= 4 is 22.4 Å². The highest BCUT2D eigenvalue weighted by atomic mass is 32.1. The largest absolute Gasteiger partial charge is 0.494 e. The average molecular weight is 350 g/mol. The molecule has 0 aliphatic carbocycles. The number of methoxy groups -OCH3 is 1. The van der Waals surface area contributed by atoms with Gasteiger partial charge in [0.2, 0.25) is 5.13 Å². The van der Waals surface area contributed by atoms with Crippen LogP contribution < -0.4 is 14.5 Å². The van der Waals surface area contributed by atoms with Crippen LogP contribution in [0.25, 0.3) is 0 Å². The molecule has 0 saturated carbocycles. The molecule has 2 heterocycles. The number of anilines is 2. The van der Waals surface area contributed by atoms with Crippen LogP contribution in [-0.4, -0.2) is 42.6 Å². The lowest BCUT2D eigenvalue weighted by Crippen LogP contribution is -2.46. The predicted molar refractivity (Wildman–Crippen MR) is 96.0 cm³/mol. The molecule has 1 saturated heterocycles. The Morgan fingerprint density at radius 1 is 1.12 bits per heavy atom. The molecule has 0 spiro atoms. The zero-order chi connectivity index (χ0) is 17.3. The third-order valence-electron chi connectivity index (χ3n) is 4.14. The van der Waals surface area contributed by atoms with Gasteiger partial charge < -0.3 is 14.5 Å². The summed E-state index contributed by atoms with van der Waals surface area (Å²) in [5.74, 6) is 0.847. The minimum Gasteiger partial charge on any atom is -0.494 e. The van der Waals surface area contributed by atoms with Gasteiger partial charge in [-0.3, -0.25) is 0 Å². The van der Waals surface area contributed by atoms with Crippen molar-refractivity contribution < 1.29 is 9.13 Å². The van der Waals surface area contributed by atoms with Gasteiger partial charge in [-0.25, -0.2) is 9.37 Å². The van der Waals surface area contributed by atoms with Gasteiger partial charge in [0.25, 0.3) is 0 Å². The lowest BCUT2D eigenvalue weighted by atomic mass is 9.96. The molecule has 0 bridgehead atoms. The molecule has 0 N–H and O–H groups in total. The first-order valence-corrected chi connectivity index (χ1v) is 8.83. The summed E-state index contributed by atoms with van der Waals surface area (Å²) in [6, 6.07) is 5.12. The Balaban J connectivity index is 1.65. The molecule has 1 fully saturated rings. The van der Waals surface area contributed by atoms with Gasteiger partial charge >= 0.3 is 0 Å². The molecular weight excluding hydrogens is 327 g/mol. The number of benzene rings is 1. The Labute approximate surface area is 146 Å². The topological polar surface area (TPSA) is 41.5 Å². The Morgan fingerprint density at radius 3 is 2.33 bits per heavy atom. The lowest BCUT2D eigenvalue weighted by Gasteiger charge is -2.35. The van der Waals surface area contributed by atoms with E-state index in [0.717, 1.165) is 42.8 Å². The van der Waals surface area contributed by atoms with E-state index in [1.165, 1.54) is 24.7 Å². The smallest absolute Gasteiger partial charge is 0.205 e. The molecule has 1 aromatic carbocycles. The van der Waals surface area contributed by atoms with Crippen molar-refractivity contribution in [3.8, 4) is 5.75 Å². The number of rotatable bonds is 3. The van der Waals surface area contributed by atoms with Gasteiger partial charge in [-0.2, -0.15) is 4.37 Å². The molecule has 7 heteroatoms. The zero-order valence-electron chi connectivity index (χ0n) is 14.5. The Morgan fingerprint density at radius 2 is 1.79 bits per heavy atom. The third-order valence-corrected chi connectivity index (χ3v) is 4.91. The van der Waals surface area contributed by atoms with E-state index >= 15 is 0 Å². The van der Waals surface area contributed by atoms with Crippen LogP contribution in [0.5, 0.6) is 5.75 Å². The van der Waals surface area contributed by atoms with Crippen LogP contribution in [0.4, 0.5) is 15.2 Å². The highest BCUT2D eigenvalue weighted by Gasteiger charge is 2.24. The van der Waals surface area contributed by atoms with Gasteiger partial charge in [0.05, 0.1) is 7.11 Å². The number of hydrogen-bond acceptors (Lipinski definition) is 6. The molecule has 0 unspecified atom stereocenters. The van der Waals surface area contributed by atoms with E-state index in [4.69, 9.17) is 4.74 Å². The highest BCUT2D eigenvalue weighted by Crippen LogP contribution is 2.28. The number of nitrogens with zero attached hydrogens (tertiary/aromatic N) is 4. The first-order valence-electron chi connectivity index (χ1n) is 8.06. The summed E-state index contributed by atoms with van der Waals surface area (Å²) in [5.41, 5.74) is 0.859. The van der Waals surface area contributed by atoms with Crippen molar-refractivity contribution in [2.75, 3.05) is 43.1 Å². The van der Waals surface area contributed by atoms with E-state index in [2.05, 4.69) is 39.9 Å². The van der Waals surface area contributed by atoms with Crippen LogP contribution in [-0.2, 0) is 5.41 Å². The van der Waals surface area contributed by atoms with Crippen molar-refractivity contribution in [3.63, 3.8) is 0 Å². The quantitative estimate of drug-likeness (QED) is 0.849. The summed E-state index contributed by atoms with van der Waals surface area (Å²) in [4.78, 5) is 9.12. The molecule has 5 nitrogen and oxygen atoms in total. The molecule has 24 heavy (non-hydrogen) atoms. The molecule has 0 radical (unpaired) electrons. The fourth-order valence-electron chi connectivity index (χ4n) is 2.66. The second-order valence-corrected chi connectivity index (χ2v) is 7.67. The predicted octanol–water partition coefficient (Wildman–Crippen LogP) is 3.31. The fourth-order valence-corrected chi connectivity index (χ4v) is 3.56. The molecule has 130 valence electrons. The van der Waals surface area contributed by atoms with E-state index in [0.29, 0.717) is 0 Å². The zero-order valence-corrected chi connectivity index (χ0v) is 15.4. The monoisotopic (exact) mass is 350 g/mol. The van der Waals surface area contributed by atoms with Crippen LogP contribution in [0.2, 0.25) is 0 Å². The molecular formula is C17H23FN4OS. The standard InChI is InChI=1S/C17H23FN4OS/c1-17(2,3)15-19-16(24-20-15)22-9-7-21(8-10-22)12-5-6-14(23-4)13(18)11-12/h5-6,11H,7-10H2,1-4H3. The summed E-state index contributed by atoms with van der Waals surface area (Å²) >= 11 is 1.46.